The van der Waals surface area contributed by atoms with E-state index in [9.17, 15) is 34.8 Å². The van der Waals surface area contributed by atoms with E-state index >= 15 is 0 Å². The van der Waals surface area contributed by atoms with E-state index in [1.807, 2.05) is 0 Å². The number of phenolic OH excluding ortho intramolecular Hbond substituents is 1. The van der Waals surface area contributed by atoms with Gasteiger partial charge in [-0.3, -0.25) is 19.4 Å². The molecule has 1 aromatic heterocycles. The van der Waals surface area contributed by atoms with Crippen molar-refractivity contribution in [1.29, 1.82) is 0 Å². The van der Waals surface area contributed by atoms with Crippen LogP contribution < -0.4 is 10.5 Å². The van der Waals surface area contributed by atoms with Gasteiger partial charge < -0.3 is 35.8 Å². The average Bonchev–Trinajstić information content (AvgIpc) is 2.86. The first-order valence-corrected chi connectivity index (χ1v) is 12.1. The molecule has 1 unspecified atom stereocenters. The van der Waals surface area contributed by atoms with Crippen molar-refractivity contribution in [3.63, 3.8) is 0 Å². The van der Waals surface area contributed by atoms with E-state index in [0.29, 0.717) is 22.4 Å². The number of hydrogen-bond donors (Lipinski definition) is 5. The molecule has 0 aliphatic heterocycles. The fourth-order valence-corrected chi connectivity index (χ4v) is 5.79. The molecule has 4 atom stereocenters. The van der Waals surface area contributed by atoms with Gasteiger partial charge in [0.25, 0.3) is 0 Å². The molecule has 1 aromatic carbocycles. The molecule has 2 aliphatic carbocycles. The second-order valence-corrected chi connectivity index (χ2v) is 9.98. The zero-order chi connectivity index (χ0) is 27.9. The van der Waals surface area contributed by atoms with Gasteiger partial charge in [0.05, 0.1) is 31.9 Å². The number of carbonyl (C=O) groups is 3. The number of ether oxygens (including phenoxy) is 1. The maximum Gasteiger partial charge on any atom is 0.225 e. The number of methoxy groups -OCH3 is 1. The molecule has 0 saturated heterocycles. The van der Waals surface area contributed by atoms with Crippen molar-refractivity contribution < 1.29 is 39.5 Å². The fraction of sp³-hybridized carbons (Fsp3) is 0.407. The van der Waals surface area contributed by atoms with Crippen LogP contribution in [0.25, 0.3) is 16.9 Å². The highest BCUT2D eigenvalue weighted by molar-refractivity contribution is 6.23. The van der Waals surface area contributed by atoms with Crippen molar-refractivity contribution in [2.45, 2.75) is 30.9 Å². The molecule has 11 heteroatoms. The smallest absolute Gasteiger partial charge is 0.225 e. The Morgan fingerprint density at radius 2 is 1.97 bits per heavy atom. The van der Waals surface area contributed by atoms with Crippen LogP contribution in [0.2, 0.25) is 0 Å². The number of aliphatic hydroxyl groups excluding tert-OH is 2. The van der Waals surface area contributed by atoms with Crippen LogP contribution in [0.1, 0.15) is 24.0 Å². The van der Waals surface area contributed by atoms with Crippen LogP contribution in [0.15, 0.2) is 36.2 Å². The van der Waals surface area contributed by atoms with E-state index < -0.39 is 59.7 Å². The topological polar surface area (TPSA) is 184 Å². The van der Waals surface area contributed by atoms with E-state index in [1.54, 1.807) is 37.3 Å². The van der Waals surface area contributed by atoms with Crippen molar-refractivity contribution in [2.24, 2.45) is 17.6 Å². The molecule has 4 rings (SSSR count). The molecule has 1 amide bonds. The third-order valence-electron chi connectivity index (χ3n) is 7.64. The summed E-state index contributed by atoms with van der Waals surface area (Å²) in [5.41, 5.74) is 4.15. The lowest BCUT2D eigenvalue weighted by Gasteiger charge is -2.47. The van der Waals surface area contributed by atoms with E-state index in [4.69, 9.17) is 10.5 Å². The second-order valence-electron chi connectivity index (χ2n) is 9.98. The van der Waals surface area contributed by atoms with Crippen LogP contribution in [0.4, 0.5) is 0 Å². The minimum absolute atomic E-state index is 0.0133. The maximum atomic E-state index is 13.9. The predicted octanol–water partition coefficient (Wildman–Crippen LogP) is 0.591. The highest BCUT2D eigenvalue weighted by Gasteiger charge is 2.60. The van der Waals surface area contributed by atoms with E-state index in [-0.39, 0.29) is 29.7 Å². The van der Waals surface area contributed by atoms with E-state index in [2.05, 4.69) is 4.98 Å². The first kappa shape index (κ1) is 27.2. The number of phenols is 1. The Bertz CT molecular complexity index is 1340. The Hall–Kier alpha value is -3.80. The van der Waals surface area contributed by atoms with Gasteiger partial charge in [-0.2, -0.15) is 0 Å². The zero-order valence-corrected chi connectivity index (χ0v) is 21.3. The third kappa shape index (κ3) is 4.32. The monoisotopic (exact) mass is 525 g/mol. The first-order chi connectivity index (χ1) is 17.9. The predicted molar refractivity (Wildman–Crippen MR) is 136 cm³/mol. The SMILES string of the molecule is COc1cncc(-c2ccc(O)c3c2C[C@H]2C[C@@H](C(CO)N(C)C)[C@@](O)(C(=O)CC(N)=O)C(=O)C2=C3O)c1. The number of nitrogens with two attached hydrogens (primary N) is 1. The van der Waals surface area contributed by atoms with Crippen LogP contribution in [-0.2, 0) is 20.8 Å². The number of benzene rings is 1. The number of hydrogen-bond acceptors (Lipinski definition) is 10. The number of nitrogens with zero attached hydrogens (tertiary/aromatic N) is 2. The van der Waals surface area contributed by atoms with E-state index in [1.165, 1.54) is 19.4 Å². The fourth-order valence-electron chi connectivity index (χ4n) is 5.79. The van der Waals surface area contributed by atoms with E-state index in [0.717, 1.165) is 0 Å². The minimum atomic E-state index is -2.71. The van der Waals surface area contributed by atoms with Gasteiger partial charge in [-0.15, -0.1) is 0 Å². The lowest BCUT2D eigenvalue weighted by Crippen LogP contribution is -2.64. The number of pyridine rings is 1. The van der Waals surface area contributed by atoms with Gasteiger partial charge in [-0.25, -0.2) is 0 Å². The van der Waals surface area contributed by atoms with Crippen LogP contribution in [0.5, 0.6) is 11.5 Å². The van der Waals surface area contributed by atoms with Crippen molar-refractivity contribution in [1.82, 2.24) is 9.88 Å². The van der Waals surface area contributed by atoms with Crippen LogP contribution in [-0.4, -0.2) is 87.2 Å². The summed E-state index contributed by atoms with van der Waals surface area (Å²) in [6.07, 6.45) is 2.47. The number of carbonyl (C=O) groups excluding carboxylic acids is 3. The minimum Gasteiger partial charge on any atom is -0.507 e. The number of rotatable bonds is 8. The molecule has 202 valence electrons. The van der Waals surface area contributed by atoms with Gasteiger partial charge in [0, 0.05) is 29.3 Å². The summed E-state index contributed by atoms with van der Waals surface area (Å²) in [6.45, 7) is -0.479. The highest BCUT2D eigenvalue weighted by Crippen LogP contribution is 2.50. The number of ketones is 2. The van der Waals surface area contributed by atoms with Gasteiger partial charge in [0.1, 0.15) is 17.3 Å². The van der Waals surface area contributed by atoms with Crippen molar-refractivity contribution in [2.75, 3.05) is 27.8 Å². The van der Waals surface area contributed by atoms with Crippen molar-refractivity contribution in [3.8, 4) is 22.6 Å². The molecule has 2 aromatic rings. The molecule has 1 heterocycles. The second kappa shape index (κ2) is 10.2. The summed E-state index contributed by atoms with van der Waals surface area (Å²) in [4.78, 5) is 44.4. The van der Waals surface area contributed by atoms with Gasteiger partial charge in [-0.1, -0.05) is 6.07 Å². The first-order valence-electron chi connectivity index (χ1n) is 12.1. The summed E-state index contributed by atoms with van der Waals surface area (Å²) in [5, 5.41) is 43.9. The van der Waals surface area contributed by atoms with Gasteiger partial charge in [0.15, 0.2) is 11.4 Å². The number of aromatic hydroxyl groups is 1. The Morgan fingerprint density at radius 3 is 2.58 bits per heavy atom. The molecular formula is C27H31N3O8. The average molecular weight is 526 g/mol. The third-order valence-corrected chi connectivity index (χ3v) is 7.64. The number of fused-ring (bicyclic) bond motifs is 2. The molecule has 11 nitrogen and oxygen atoms in total. The lowest BCUT2D eigenvalue weighted by atomic mass is 9.59. The normalized spacial score (nSPS) is 23.6. The highest BCUT2D eigenvalue weighted by atomic mass is 16.5. The van der Waals surface area contributed by atoms with Crippen molar-refractivity contribution in [3.05, 3.63) is 47.3 Å². The molecule has 0 spiro atoms. The number of aliphatic hydroxyl groups is 3. The Labute approximate surface area is 219 Å². The quantitative estimate of drug-likeness (QED) is 0.306. The summed E-state index contributed by atoms with van der Waals surface area (Å²) in [7, 11) is 4.77. The van der Waals surface area contributed by atoms with Gasteiger partial charge in [-0.05, 0) is 56.1 Å². The Balaban J connectivity index is 1.92. The zero-order valence-electron chi connectivity index (χ0n) is 21.3. The number of Topliss-reactive ketones (excluding diaryl/α,β-unsaturated/α-hetero) is 2. The summed E-state index contributed by atoms with van der Waals surface area (Å²) < 4.78 is 5.28. The largest absolute Gasteiger partial charge is 0.507 e. The van der Waals surface area contributed by atoms with Crippen LogP contribution >= 0.6 is 0 Å². The van der Waals surface area contributed by atoms with Crippen molar-refractivity contribution >= 4 is 23.2 Å². The molecule has 1 saturated carbocycles. The number of aromatic nitrogens is 1. The number of primary amides is 1. The van der Waals surface area contributed by atoms with Gasteiger partial charge in [0.2, 0.25) is 11.7 Å². The summed E-state index contributed by atoms with van der Waals surface area (Å²) in [6, 6.07) is 3.98. The van der Waals surface area contributed by atoms with Gasteiger partial charge >= 0.3 is 0 Å². The standard InChI is InChI=1S/C27H31N3O8/c1-30(2)19(12-31)18-8-13-7-17-16(14-6-15(38-3)11-29-10-14)4-5-20(32)24(17)25(35)23(13)26(36)27(18,37)21(33)9-22(28)34/h4-6,10-11,13,18-19,31-32,35,37H,7-9,12H2,1-3H3,(H2,28,34)/t13-,18-,19?,27+/m0/s1. The van der Waals surface area contributed by atoms with Crippen LogP contribution in [0, 0.1) is 11.8 Å². The molecule has 0 radical (unpaired) electrons. The summed E-state index contributed by atoms with van der Waals surface area (Å²) >= 11 is 0. The molecular weight excluding hydrogens is 494 g/mol. The van der Waals surface area contributed by atoms with Crippen LogP contribution in [0.3, 0.4) is 0 Å². The molecule has 1 fully saturated rings. The molecule has 6 N–H and O–H groups in total. The number of likely N-dealkylation sites (N-methyl/N-ethyl adjacent to an activating group) is 1. The molecule has 0 bridgehead atoms. The summed E-state index contributed by atoms with van der Waals surface area (Å²) in [5.74, 6) is -5.30. The Morgan fingerprint density at radius 1 is 1.26 bits per heavy atom. The maximum absolute atomic E-state index is 13.9. The Kier molecular flexibility index (Phi) is 7.29. The number of amides is 1. The molecule has 2 aliphatic rings. The lowest BCUT2D eigenvalue weighted by molar-refractivity contribution is -0.163. The molecule has 38 heavy (non-hydrogen) atoms.